The molecule has 0 bridgehead atoms. The fourth-order valence-corrected chi connectivity index (χ4v) is 3.72. The van der Waals surface area contributed by atoms with E-state index in [-0.39, 0.29) is 23.5 Å². The minimum Gasteiger partial charge on any atom is -0.494 e. The van der Waals surface area contributed by atoms with E-state index in [0.29, 0.717) is 5.56 Å². The van der Waals surface area contributed by atoms with Crippen LogP contribution in [0.4, 0.5) is 11.4 Å². The number of nitro groups is 1. The molecule has 0 aliphatic heterocycles. The highest BCUT2D eigenvalue weighted by molar-refractivity contribution is 5.95. The number of ether oxygens (including phenoxy) is 2. The number of nitrogens with zero attached hydrogens (tertiary/aromatic N) is 1. The van der Waals surface area contributed by atoms with Crippen molar-refractivity contribution in [2.75, 3.05) is 19.0 Å². The summed E-state index contributed by atoms with van der Waals surface area (Å²) in [6, 6.07) is 7.88. The highest BCUT2D eigenvalue weighted by atomic mass is 16.6. The Morgan fingerprint density at radius 2 is 1.97 bits per heavy atom. The molecule has 0 fully saturated rings. The summed E-state index contributed by atoms with van der Waals surface area (Å²) in [5.74, 6) is -1.02. The van der Waals surface area contributed by atoms with E-state index in [2.05, 4.69) is 11.4 Å². The van der Waals surface area contributed by atoms with Gasteiger partial charge in [0, 0.05) is 17.0 Å². The molecular weight excluding hydrogens is 404 g/mol. The van der Waals surface area contributed by atoms with E-state index in [1.165, 1.54) is 36.4 Å². The average molecular weight is 424 g/mol. The zero-order valence-electron chi connectivity index (χ0n) is 16.8. The van der Waals surface area contributed by atoms with Crippen LogP contribution in [0.2, 0.25) is 0 Å². The number of nitrogens with one attached hydrogen (secondary N) is 1. The van der Waals surface area contributed by atoms with Crippen LogP contribution >= 0.6 is 0 Å². The zero-order valence-corrected chi connectivity index (χ0v) is 16.8. The first-order chi connectivity index (χ1) is 14.9. The van der Waals surface area contributed by atoms with Crippen LogP contribution in [0.1, 0.15) is 23.1 Å². The number of esters is 1. The number of fused-ring (bicyclic) bond motifs is 2. The van der Waals surface area contributed by atoms with Crippen LogP contribution in [-0.4, -0.2) is 30.5 Å². The molecule has 0 saturated heterocycles. The van der Waals surface area contributed by atoms with Crippen molar-refractivity contribution < 1.29 is 28.4 Å². The molecule has 0 radical (unpaired) electrons. The van der Waals surface area contributed by atoms with Gasteiger partial charge in [0.25, 0.3) is 11.6 Å². The summed E-state index contributed by atoms with van der Waals surface area (Å²) in [7, 11) is 1.33. The Bertz CT molecular complexity index is 1180. The summed E-state index contributed by atoms with van der Waals surface area (Å²) in [6.07, 6.45) is 4.71. The van der Waals surface area contributed by atoms with Crippen LogP contribution in [0, 0.1) is 10.1 Å². The monoisotopic (exact) mass is 424 g/mol. The highest BCUT2D eigenvalue weighted by Gasteiger charge is 2.18. The topological polar surface area (TPSA) is 121 Å². The third-order valence-corrected chi connectivity index (χ3v) is 5.24. The maximum absolute atomic E-state index is 12.2. The predicted octanol–water partition coefficient (Wildman–Crippen LogP) is 3.56. The Labute approximate surface area is 177 Å². The number of furan rings is 1. The average Bonchev–Trinajstić information content (AvgIpc) is 3.37. The van der Waals surface area contributed by atoms with Crippen LogP contribution in [0.25, 0.3) is 11.0 Å². The Morgan fingerprint density at radius 3 is 2.71 bits per heavy atom. The van der Waals surface area contributed by atoms with Crippen LogP contribution in [0.15, 0.2) is 41.0 Å². The molecule has 1 amide bonds. The Hall–Kier alpha value is -3.88. The fraction of sp³-hybridized carbons (Fsp3) is 0.273. The minimum atomic E-state index is -0.588. The van der Waals surface area contributed by atoms with E-state index < -0.39 is 23.4 Å². The number of non-ortho nitro benzene ring substituents is 1. The molecule has 9 heteroatoms. The smallest absolute Gasteiger partial charge is 0.310 e. The van der Waals surface area contributed by atoms with Gasteiger partial charge in [-0.3, -0.25) is 19.7 Å². The predicted molar refractivity (Wildman–Crippen MR) is 111 cm³/mol. The first-order valence-electron chi connectivity index (χ1n) is 9.74. The Balaban J connectivity index is 1.35. The lowest BCUT2D eigenvalue weighted by Gasteiger charge is -2.10. The number of carbonyl (C=O) groups excluding carboxylic acids is 2. The minimum absolute atomic E-state index is 0.0140. The highest BCUT2D eigenvalue weighted by Crippen LogP contribution is 2.31. The van der Waals surface area contributed by atoms with Gasteiger partial charge in [0.1, 0.15) is 11.3 Å². The molecule has 1 aliphatic carbocycles. The summed E-state index contributed by atoms with van der Waals surface area (Å²) in [6.45, 7) is -0.496. The first kappa shape index (κ1) is 20.4. The van der Waals surface area contributed by atoms with Crippen LogP contribution < -0.4 is 10.1 Å². The van der Waals surface area contributed by atoms with E-state index in [1.54, 1.807) is 6.26 Å². The number of hydrogen-bond donors (Lipinski definition) is 1. The maximum atomic E-state index is 12.2. The summed E-state index contributed by atoms with van der Waals surface area (Å²) in [5.41, 5.74) is 4.09. The van der Waals surface area contributed by atoms with E-state index in [9.17, 15) is 19.7 Å². The lowest BCUT2D eigenvalue weighted by atomic mass is 10.0. The standard InChI is InChI=1S/C22H20N2O7/c1-29-20-10-16(24(27)28)5-6-18(20)23-21(25)12-31-22(26)9-15-11-30-19-8-14-4-2-3-13(14)7-17(15)19/h5-8,10-11H,2-4,9,12H2,1H3,(H,23,25). The molecule has 2 aromatic carbocycles. The molecule has 0 saturated carbocycles. The van der Waals surface area contributed by atoms with Crippen molar-refractivity contribution in [2.24, 2.45) is 0 Å². The van der Waals surface area contributed by atoms with Crippen molar-refractivity contribution in [3.63, 3.8) is 0 Å². The molecule has 0 spiro atoms. The second-order valence-electron chi connectivity index (χ2n) is 7.26. The van der Waals surface area contributed by atoms with Crippen molar-refractivity contribution >= 4 is 34.2 Å². The van der Waals surface area contributed by atoms with Crippen molar-refractivity contribution in [3.8, 4) is 5.75 Å². The van der Waals surface area contributed by atoms with E-state index in [1.807, 2.05) is 6.07 Å². The molecule has 160 valence electrons. The largest absolute Gasteiger partial charge is 0.494 e. The van der Waals surface area contributed by atoms with Gasteiger partial charge >= 0.3 is 5.97 Å². The molecular formula is C22H20N2O7. The zero-order chi connectivity index (χ0) is 22.0. The van der Waals surface area contributed by atoms with Crippen molar-refractivity contribution in [1.29, 1.82) is 0 Å². The van der Waals surface area contributed by atoms with E-state index in [4.69, 9.17) is 13.9 Å². The molecule has 0 atom stereocenters. The number of nitro benzene ring substituents is 1. The van der Waals surface area contributed by atoms with Crippen molar-refractivity contribution in [1.82, 2.24) is 0 Å². The molecule has 0 unspecified atom stereocenters. The van der Waals surface area contributed by atoms with Crippen molar-refractivity contribution in [3.05, 3.63) is 63.4 Å². The molecule has 1 N–H and O–H groups in total. The van der Waals surface area contributed by atoms with E-state index >= 15 is 0 Å². The summed E-state index contributed by atoms with van der Waals surface area (Å²) in [5, 5.41) is 14.3. The van der Waals surface area contributed by atoms with Gasteiger partial charge in [-0.2, -0.15) is 0 Å². The molecule has 31 heavy (non-hydrogen) atoms. The molecule has 1 heterocycles. The third-order valence-electron chi connectivity index (χ3n) is 5.24. The number of anilines is 1. The normalized spacial score (nSPS) is 12.4. The molecule has 1 aromatic heterocycles. The molecule has 9 nitrogen and oxygen atoms in total. The molecule has 3 aromatic rings. The lowest BCUT2D eigenvalue weighted by molar-refractivity contribution is -0.384. The summed E-state index contributed by atoms with van der Waals surface area (Å²) < 4.78 is 15.7. The second kappa shape index (κ2) is 8.47. The number of hydrogen-bond acceptors (Lipinski definition) is 7. The lowest BCUT2D eigenvalue weighted by Crippen LogP contribution is -2.21. The van der Waals surface area contributed by atoms with Gasteiger partial charge in [-0.1, -0.05) is 0 Å². The summed E-state index contributed by atoms with van der Waals surface area (Å²) in [4.78, 5) is 34.7. The number of methoxy groups -OCH3 is 1. The fourth-order valence-electron chi connectivity index (χ4n) is 3.72. The van der Waals surface area contributed by atoms with Gasteiger partial charge in [-0.15, -0.1) is 0 Å². The van der Waals surface area contributed by atoms with Gasteiger partial charge in [-0.25, -0.2) is 0 Å². The molecule has 1 aliphatic rings. The van der Waals surface area contributed by atoms with Gasteiger partial charge in [0.05, 0.1) is 36.5 Å². The van der Waals surface area contributed by atoms with Crippen molar-refractivity contribution in [2.45, 2.75) is 25.7 Å². The van der Waals surface area contributed by atoms with E-state index in [0.717, 1.165) is 30.2 Å². The second-order valence-corrected chi connectivity index (χ2v) is 7.26. The van der Waals surface area contributed by atoms with Gasteiger partial charge in [-0.05, 0) is 48.6 Å². The van der Waals surface area contributed by atoms with Gasteiger partial charge in [0.15, 0.2) is 6.61 Å². The first-order valence-corrected chi connectivity index (χ1v) is 9.74. The number of aryl methyl sites for hydroxylation is 2. The number of amides is 1. The van der Waals surface area contributed by atoms with Crippen LogP contribution in [0.3, 0.4) is 0 Å². The SMILES string of the molecule is COc1cc([N+](=O)[O-])ccc1NC(=O)COC(=O)Cc1coc2cc3c(cc12)CCC3. The summed E-state index contributed by atoms with van der Waals surface area (Å²) >= 11 is 0. The van der Waals surface area contributed by atoms with Crippen LogP contribution in [-0.2, 0) is 33.6 Å². The number of rotatable bonds is 7. The Kier molecular flexibility index (Phi) is 5.57. The maximum Gasteiger partial charge on any atom is 0.310 e. The molecule has 4 rings (SSSR count). The Morgan fingerprint density at radius 1 is 1.19 bits per heavy atom. The quantitative estimate of drug-likeness (QED) is 0.350. The number of carbonyl (C=O) groups is 2. The third kappa shape index (κ3) is 4.35. The van der Waals surface area contributed by atoms with Gasteiger partial charge < -0.3 is 19.2 Å². The van der Waals surface area contributed by atoms with Crippen LogP contribution in [0.5, 0.6) is 5.75 Å². The number of benzene rings is 2. The van der Waals surface area contributed by atoms with Gasteiger partial charge in [0.2, 0.25) is 0 Å².